The lowest BCUT2D eigenvalue weighted by atomic mass is 10.1. The van der Waals surface area contributed by atoms with Crippen molar-refractivity contribution in [2.75, 3.05) is 26.4 Å². The van der Waals surface area contributed by atoms with Crippen LogP contribution in [0.25, 0.3) is 10.8 Å². The molecule has 0 N–H and O–H groups in total. The summed E-state index contributed by atoms with van der Waals surface area (Å²) in [5, 5.41) is 1.32. The maximum Gasteiger partial charge on any atom is 0.347 e. The zero-order valence-corrected chi connectivity index (χ0v) is 18.9. The molecule has 0 amide bonds. The molecule has 1 unspecified atom stereocenters. The highest BCUT2D eigenvalue weighted by Gasteiger charge is 2.48. The Morgan fingerprint density at radius 1 is 0.815 bits per heavy atom. The summed E-state index contributed by atoms with van der Waals surface area (Å²) in [7, 11) is -3.62. The van der Waals surface area contributed by atoms with Crippen LogP contribution in [0.1, 0.15) is 38.7 Å². The molecule has 0 radical (unpaired) electrons. The zero-order valence-electron chi connectivity index (χ0n) is 16.3. The van der Waals surface area contributed by atoms with Gasteiger partial charge in [0.1, 0.15) is 0 Å². The molecule has 150 valence electrons. The van der Waals surface area contributed by atoms with Crippen molar-refractivity contribution in [3.63, 3.8) is 0 Å². The monoisotopic (exact) mass is 430 g/mol. The minimum atomic E-state index is -3.62. The molecule has 2 aromatic carbocycles. The van der Waals surface area contributed by atoms with Crippen LogP contribution in [-0.2, 0) is 34.5 Å². The quantitative estimate of drug-likeness (QED) is 0.380. The van der Waals surface area contributed by atoms with E-state index in [0.717, 1.165) is 16.3 Å². The standard InChI is InChI=1S/C19H28O5P2S/c1-5-21-25(20,22-6-2)19(26(27,23-7-3)24-8-4)18-14-13-16-11-9-10-12-17(16)15-18/h9-15,19H,5-8H2,1-4H3. The smallest absolute Gasteiger partial charge is 0.329 e. The van der Waals surface area contributed by atoms with Gasteiger partial charge >= 0.3 is 7.60 Å². The van der Waals surface area contributed by atoms with Crippen molar-refractivity contribution in [2.45, 2.75) is 33.1 Å². The Morgan fingerprint density at radius 3 is 1.85 bits per heavy atom. The summed E-state index contributed by atoms with van der Waals surface area (Å²) in [6.45, 7) is 5.49. The van der Waals surface area contributed by atoms with Crippen molar-refractivity contribution in [2.24, 2.45) is 0 Å². The molecular formula is C19H28O5P2S. The first-order valence-corrected chi connectivity index (χ1v) is 13.5. The van der Waals surface area contributed by atoms with Crippen LogP contribution in [-0.4, -0.2) is 26.4 Å². The summed E-state index contributed by atoms with van der Waals surface area (Å²) in [4.78, 5) is 0. The van der Waals surface area contributed by atoms with E-state index in [1.165, 1.54) is 0 Å². The molecule has 2 aromatic rings. The third-order valence-electron chi connectivity index (χ3n) is 3.91. The molecular weight excluding hydrogens is 402 g/mol. The summed E-state index contributed by atoms with van der Waals surface area (Å²) < 4.78 is 37.0. The van der Waals surface area contributed by atoms with E-state index in [4.69, 9.17) is 29.9 Å². The molecule has 5 nitrogen and oxygen atoms in total. The SMILES string of the molecule is CCOP(=O)(OCC)C(c1ccc2ccccc2c1)P(=S)(OCC)OCC. The van der Waals surface area contributed by atoms with Crippen LogP contribution < -0.4 is 0 Å². The van der Waals surface area contributed by atoms with Gasteiger partial charge in [-0.15, -0.1) is 0 Å². The van der Waals surface area contributed by atoms with Gasteiger partial charge in [0.15, 0.2) is 5.40 Å². The minimum absolute atomic E-state index is 0.245. The summed E-state index contributed by atoms with van der Waals surface area (Å²) in [5.74, 6) is 0. The summed E-state index contributed by atoms with van der Waals surface area (Å²) in [5.41, 5.74) is 0.754. The second kappa shape index (κ2) is 10.3. The van der Waals surface area contributed by atoms with Crippen molar-refractivity contribution < 1.29 is 22.7 Å². The molecule has 0 aromatic heterocycles. The first-order valence-electron chi connectivity index (χ1n) is 9.20. The van der Waals surface area contributed by atoms with Gasteiger partial charge in [-0.05, 0) is 61.9 Å². The Bertz CT molecular complexity index is 792. The molecule has 0 spiro atoms. The maximum atomic E-state index is 13.8. The maximum absolute atomic E-state index is 13.8. The van der Waals surface area contributed by atoms with Gasteiger partial charge in [-0.1, -0.05) is 36.4 Å². The van der Waals surface area contributed by atoms with Gasteiger partial charge in [0.2, 0.25) is 6.49 Å². The molecule has 27 heavy (non-hydrogen) atoms. The van der Waals surface area contributed by atoms with E-state index >= 15 is 0 Å². The molecule has 0 heterocycles. The van der Waals surface area contributed by atoms with Crippen LogP contribution in [0.15, 0.2) is 42.5 Å². The normalized spacial score (nSPS) is 13.8. The van der Waals surface area contributed by atoms with E-state index in [1.807, 2.05) is 56.3 Å². The lowest BCUT2D eigenvalue weighted by molar-refractivity contribution is 0.210. The van der Waals surface area contributed by atoms with Crippen LogP contribution >= 0.6 is 14.1 Å². The molecule has 8 heteroatoms. The topological polar surface area (TPSA) is 54.0 Å². The van der Waals surface area contributed by atoms with Crippen molar-refractivity contribution in [1.29, 1.82) is 0 Å². The number of rotatable bonds is 11. The van der Waals surface area contributed by atoms with Crippen molar-refractivity contribution in [1.82, 2.24) is 0 Å². The van der Waals surface area contributed by atoms with E-state index in [2.05, 4.69) is 0 Å². The molecule has 0 aliphatic rings. The Hall–Kier alpha value is -0.580. The van der Waals surface area contributed by atoms with Gasteiger partial charge in [-0.25, -0.2) is 0 Å². The van der Waals surface area contributed by atoms with Crippen LogP contribution in [0, 0.1) is 0 Å². The Kier molecular flexibility index (Phi) is 8.64. The van der Waals surface area contributed by atoms with E-state index < -0.39 is 19.5 Å². The van der Waals surface area contributed by atoms with Crippen LogP contribution in [0.5, 0.6) is 0 Å². The molecule has 2 rings (SSSR count). The van der Waals surface area contributed by atoms with Crippen LogP contribution in [0.2, 0.25) is 0 Å². The van der Waals surface area contributed by atoms with Gasteiger partial charge in [0, 0.05) is 0 Å². The van der Waals surface area contributed by atoms with Gasteiger partial charge < -0.3 is 18.1 Å². The first kappa shape index (κ1) is 22.7. The highest BCUT2D eigenvalue weighted by molar-refractivity contribution is 8.12. The third kappa shape index (κ3) is 5.27. The highest BCUT2D eigenvalue weighted by atomic mass is 32.5. The predicted molar refractivity (Wildman–Crippen MR) is 115 cm³/mol. The molecule has 0 saturated heterocycles. The van der Waals surface area contributed by atoms with Crippen molar-refractivity contribution in [3.8, 4) is 0 Å². The van der Waals surface area contributed by atoms with Crippen molar-refractivity contribution >= 4 is 36.7 Å². The summed E-state index contributed by atoms with van der Waals surface area (Å²) >= 11 is 5.84. The Balaban J connectivity index is 2.69. The molecule has 0 aliphatic carbocycles. The molecule has 0 saturated carbocycles. The molecule has 0 fully saturated rings. The van der Waals surface area contributed by atoms with Crippen LogP contribution in [0.4, 0.5) is 0 Å². The number of hydrogen-bond acceptors (Lipinski definition) is 6. The predicted octanol–water partition coefficient (Wildman–Crippen LogP) is 6.49. The lowest BCUT2D eigenvalue weighted by Gasteiger charge is -2.34. The average Bonchev–Trinajstić information content (AvgIpc) is 2.62. The van der Waals surface area contributed by atoms with Crippen molar-refractivity contribution in [3.05, 3.63) is 48.0 Å². The summed E-state index contributed by atoms with van der Waals surface area (Å²) in [6, 6.07) is 13.9. The van der Waals surface area contributed by atoms with Crippen LogP contribution in [0.3, 0.4) is 0 Å². The van der Waals surface area contributed by atoms with E-state index in [1.54, 1.807) is 13.8 Å². The van der Waals surface area contributed by atoms with E-state index in [0.29, 0.717) is 13.2 Å². The molecule has 0 bridgehead atoms. The number of fused-ring (bicyclic) bond motifs is 1. The largest absolute Gasteiger partial charge is 0.347 e. The zero-order chi connectivity index (χ0) is 19.9. The molecule has 1 atom stereocenters. The fourth-order valence-corrected chi connectivity index (χ4v) is 10.4. The Morgan fingerprint density at radius 2 is 1.33 bits per heavy atom. The second-order valence-corrected chi connectivity index (χ2v) is 11.9. The first-order chi connectivity index (χ1) is 12.9. The van der Waals surface area contributed by atoms with Gasteiger partial charge in [-0.3, -0.25) is 4.57 Å². The number of benzene rings is 2. The third-order valence-corrected chi connectivity index (χ3v) is 11.7. The average molecular weight is 430 g/mol. The lowest BCUT2D eigenvalue weighted by Crippen LogP contribution is -2.11. The fourth-order valence-electron chi connectivity index (χ4n) is 2.98. The Labute approximate surface area is 167 Å². The van der Waals surface area contributed by atoms with E-state index in [9.17, 15) is 4.57 Å². The second-order valence-electron chi connectivity index (χ2n) is 5.73. The van der Waals surface area contributed by atoms with E-state index in [-0.39, 0.29) is 13.2 Å². The fraction of sp³-hybridized carbons (Fsp3) is 0.474. The highest BCUT2D eigenvalue weighted by Crippen LogP contribution is 2.78. The van der Waals surface area contributed by atoms with Gasteiger partial charge in [0.05, 0.1) is 26.4 Å². The molecule has 0 aliphatic heterocycles. The van der Waals surface area contributed by atoms with Gasteiger partial charge in [-0.2, -0.15) is 0 Å². The summed E-state index contributed by atoms with van der Waals surface area (Å²) in [6.07, 6.45) is 0. The number of hydrogen-bond donors (Lipinski definition) is 0. The van der Waals surface area contributed by atoms with Gasteiger partial charge in [0.25, 0.3) is 0 Å². The minimum Gasteiger partial charge on any atom is -0.329 e.